The van der Waals surface area contributed by atoms with Gasteiger partial charge in [0.1, 0.15) is 0 Å². The molecule has 1 aromatic carbocycles. The molecule has 1 saturated heterocycles. The highest BCUT2D eigenvalue weighted by molar-refractivity contribution is 5.97. The van der Waals surface area contributed by atoms with Crippen LogP contribution < -0.4 is 10.6 Å². The summed E-state index contributed by atoms with van der Waals surface area (Å²) in [6, 6.07) is 7.24. The van der Waals surface area contributed by atoms with Crippen molar-refractivity contribution in [2.75, 3.05) is 25.0 Å². The van der Waals surface area contributed by atoms with Gasteiger partial charge in [-0.05, 0) is 57.5 Å². The van der Waals surface area contributed by atoms with Crippen LogP contribution in [0.5, 0.6) is 0 Å². The van der Waals surface area contributed by atoms with Gasteiger partial charge >= 0.3 is 0 Å². The van der Waals surface area contributed by atoms with Gasteiger partial charge in [0.05, 0.1) is 6.54 Å². The van der Waals surface area contributed by atoms with Gasteiger partial charge in [-0.2, -0.15) is 0 Å². The summed E-state index contributed by atoms with van der Waals surface area (Å²) < 4.78 is 0. The van der Waals surface area contributed by atoms with Crippen LogP contribution in [-0.4, -0.2) is 42.4 Å². The number of carbonyl (C=O) groups is 2. The van der Waals surface area contributed by atoms with Crippen molar-refractivity contribution in [1.29, 1.82) is 0 Å². The molecule has 0 saturated carbocycles. The van der Waals surface area contributed by atoms with E-state index in [0.717, 1.165) is 19.5 Å². The number of carbonyl (C=O) groups excluding carboxylic acids is 2. The molecule has 23 heavy (non-hydrogen) atoms. The van der Waals surface area contributed by atoms with Crippen LogP contribution in [0.15, 0.2) is 24.3 Å². The first-order chi connectivity index (χ1) is 11.1. The van der Waals surface area contributed by atoms with Crippen LogP contribution in [0.4, 0.5) is 5.69 Å². The van der Waals surface area contributed by atoms with E-state index in [-0.39, 0.29) is 17.9 Å². The first-order valence-corrected chi connectivity index (χ1v) is 8.51. The molecule has 1 unspecified atom stereocenters. The van der Waals surface area contributed by atoms with E-state index < -0.39 is 0 Å². The van der Waals surface area contributed by atoms with E-state index in [0.29, 0.717) is 17.8 Å². The number of anilines is 1. The van der Waals surface area contributed by atoms with E-state index >= 15 is 0 Å². The molecule has 1 aromatic rings. The van der Waals surface area contributed by atoms with Crippen molar-refractivity contribution in [1.82, 2.24) is 10.2 Å². The third-order valence-corrected chi connectivity index (χ3v) is 4.21. The molecule has 1 fully saturated rings. The van der Waals surface area contributed by atoms with Crippen molar-refractivity contribution < 1.29 is 9.59 Å². The molecule has 5 nitrogen and oxygen atoms in total. The third kappa shape index (κ3) is 5.67. The lowest BCUT2D eigenvalue weighted by molar-refractivity contribution is -0.117. The quantitative estimate of drug-likeness (QED) is 0.848. The van der Waals surface area contributed by atoms with Gasteiger partial charge in [-0.1, -0.05) is 19.4 Å². The molecule has 0 spiro atoms. The number of piperidine rings is 1. The lowest BCUT2D eigenvalue weighted by atomic mass is 10.1. The average molecular weight is 317 g/mol. The number of amides is 2. The number of hydrogen-bond acceptors (Lipinski definition) is 3. The molecule has 0 aromatic heterocycles. The van der Waals surface area contributed by atoms with Gasteiger partial charge in [-0.15, -0.1) is 0 Å². The number of likely N-dealkylation sites (tertiary alicyclic amines) is 1. The highest BCUT2D eigenvalue weighted by Crippen LogP contribution is 2.12. The smallest absolute Gasteiger partial charge is 0.251 e. The summed E-state index contributed by atoms with van der Waals surface area (Å²) in [6.45, 7) is 6.41. The zero-order valence-electron chi connectivity index (χ0n) is 14.1. The van der Waals surface area contributed by atoms with Crippen LogP contribution in [0.2, 0.25) is 0 Å². The van der Waals surface area contributed by atoms with Crippen LogP contribution in [0.25, 0.3) is 0 Å². The molecule has 2 N–H and O–H groups in total. The van der Waals surface area contributed by atoms with E-state index in [1.807, 2.05) is 19.9 Å². The average Bonchev–Trinajstić information content (AvgIpc) is 2.55. The summed E-state index contributed by atoms with van der Waals surface area (Å²) in [4.78, 5) is 26.4. The van der Waals surface area contributed by atoms with Gasteiger partial charge in [0.15, 0.2) is 0 Å². The minimum absolute atomic E-state index is 0.0219. The van der Waals surface area contributed by atoms with Gasteiger partial charge in [-0.3, -0.25) is 14.5 Å². The van der Waals surface area contributed by atoms with Crippen molar-refractivity contribution in [3.63, 3.8) is 0 Å². The molecule has 126 valence electrons. The van der Waals surface area contributed by atoms with Gasteiger partial charge in [-0.25, -0.2) is 0 Å². The fourth-order valence-corrected chi connectivity index (χ4v) is 2.67. The van der Waals surface area contributed by atoms with E-state index in [1.165, 1.54) is 19.3 Å². The molecular formula is C18H27N3O2. The van der Waals surface area contributed by atoms with Crippen molar-refractivity contribution >= 4 is 17.5 Å². The Bertz CT molecular complexity index is 539. The lowest BCUT2D eigenvalue weighted by Gasteiger charge is -2.25. The van der Waals surface area contributed by atoms with Crippen LogP contribution in [-0.2, 0) is 4.79 Å². The van der Waals surface area contributed by atoms with E-state index in [4.69, 9.17) is 0 Å². The normalized spacial score (nSPS) is 16.6. The summed E-state index contributed by atoms with van der Waals surface area (Å²) in [5.74, 6) is -0.127. The minimum atomic E-state index is -0.105. The zero-order chi connectivity index (χ0) is 16.7. The zero-order valence-corrected chi connectivity index (χ0v) is 14.1. The Morgan fingerprint density at radius 2 is 1.96 bits per heavy atom. The molecule has 0 aliphatic carbocycles. The number of rotatable bonds is 6. The summed E-state index contributed by atoms with van der Waals surface area (Å²) in [6.07, 6.45) is 4.47. The first-order valence-electron chi connectivity index (χ1n) is 8.51. The second-order valence-corrected chi connectivity index (χ2v) is 6.25. The Balaban J connectivity index is 1.91. The summed E-state index contributed by atoms with van der Waals surface area (Å²) >= 11 is 0. The monoisotopic (exact) mass is 317 g/mol. The van der Waals surface area contributed by atoms with Crippen LogP contribution in [0, 0.1) is 0 Å². The topological polar surface area (TPSA) is 61.4 Å². The molecule has 2 rings (SSSR count). The predicted molar refractivity (Wildman–Crippen MR) is 92.6 cm³/mol. The minimum Gasteiger partial charge on any atom is -0.350 e. The number of hydrogen-bond donors (Lipinski definition) is 2. The van der Waals surface area contributed by atoms with Crippen molar-refractivity contribution in [2.24, 2.45) is 0 Å². The Morgan fingerprint density at radius 3 is 2.65 bits per heavy atom. The molecule has 1 aliphatic heterocycles. The number of nitrogens with one attached hydrogen (secondary N) is 2. The maximum Gasteiger partial charge on any atom is 0.251 e. The van der Waals surface area contributed by atoms with Gasteiger partial charge in [0.2, 0.25) is 5.91 Å². The van der Waals surface area contributed by atoms with Gasteiger partial charge in [0.25, 0.3) is 5.91 Å². The Labute approximate surface area is 138 Å². The van der Waals surface area contributed by atoms with E-state index in [1.54, 1.807) is 18.2 Å². The summed E-state index contributed by atoms with van der Waals surface area (Å²) in [5, 5.41) is 5.82. The molecule has 1 heterocycles. The standard InChI is InChI=1S/C18H27N3O2/c1-3-14(2)19-18(23)15-8-7-9-16(12-15)20-17(22)13-21-10-5-4-6-11-21/h7-9,12,14H,3-6,10-11,13H2,1-2H3,(H,19,23)(H,20,22). The van der Waals surface area contributed by atoms with Gasteiger partial charge < -0.3 is 10.6 Å². The maximum absolute atomic E-state index is 12.1. The Hall–Kier alpha value is -1.88. The fraction of sp³-hybridized carbons (Fsp3) is 0.556. The predicted octanol–water partition coefficient (Wildman–Crippen LogP) is 2.64. The molecule has 1 atom stereocenters. The van der Waals surface area contributed by atoms with Crippen molar-refractivity contribution in [3.05, 3.63) is 29.8 Å². The van der Waals surface area contributed by atoms with Gasteiger partial charge in [0, 0.05) is 17.3 Å². The van der Waals surface area contributed by atoms with Crippen molar-refractivity contribution in [3.8, 4) is 0 Å². The Morgan fingerprint density at radius 1 is 1.22 bits per heavy atom. The summed E-state index contributed by atoms with van der Waals surface area (Å²) in [5.41, 5.74) is 1.24. The number of benzene rings is 1. The largest absolute Gasteiger partial charge is 0.350 e. The van der Waals surface area contributed by atoms with Crippen LogP contribution in [0.1, 0.15) is 49.9 Å². The van der Waals surface area contributed by atoms with Crippen molar-refractivity contribution in [2.45, 2.75) is 45.6 Å². The highest BCUT2D eigenvalue weighted by Gasteiger charge is 2.14. The first kappa shape index (κ1) is 17.5. The lowest BCUT2D eigenvalue weighted by Crippen LogP contribution is -2.36. The molecule has 0 radical (unpaired) electrons. The second-order valence-electron chi connectivity index (χ2n) is 6.25. The van der Waals surface area contributed by atoms with Crippen LogP contribution >= 0.6 is 0 Å². The Kier molecular flexibility index (Phi) is 6.59. The van der Waals surface area contributed by atoms with E-state index in [9.17, 15) is 9.59 Å². The molecule has 2 amide bonds. The molecule has 0 bridgehead atoms. The summed E-state index contributed by atoms with van der Waals surface area (Å²) in [7, 11) is 0. The van der Waals surface area contributed by atoms with Crippen LogP contribution in [0.3, 0.4) is 0 Å². The fourth-order valence-electron chi connectivity index (χ4n) is 2.67. The number of nitrogens with zero attached hydrogens (tertiary/aromatic N) is 1. The second kappa shape index (κ2) is 8.67. The maximum atomic E-state index is 12.1. The van der Waals surface area contributed by atoms with E-state index in [2.05, 4.69) is 15.5 Å². The molecule has 1 aliphatic rings. The molecular weight excluding hydrogens is 290 g/mol. The molecule has 5 heteroatoms. The SMILES string of the molecule is CCC(C)NC(=O)c1cccc(NC(=O)CN2CCCCC2)c1. The third-order valence-electron chi connectivity index (χ3n) is 4.21. The highest BCUT2D eigenvalue weighted by atomic mass is 16.2.